The lowest BCUT2D eigenvalue weighted by Gasteiger charge is -2.24. The van der Waals surface area contributed by atoms with E-state index < -0.39 is 14.6 Å². The summed E-state index contributed by atoms with van der Waals surface area (Å²) in [4.78, 5) is 8.32. The van der Waals surface area contributed by atoms with E-state index in [1.807, 2.05) is 18.2 Å². The predicted molar refractivity (Wildman–Crippen MR) is 86.2 cm³/mol. The van der Waals surface area contributed by atoms with Crippen LogP contribution in [0.4, 0.5) is 0 Å². The number of hydrogen-bond donors (Lipinski definition) is 2. The molecule has 1 aromatic heterocycles. The van der Waals surface area contributed by atoms with Gasteiger partial charge in [-0.1, -0.05) is 6.07 Å². The predicted octanol–water partition coefficient (Wildman–Crippen LogP) is 0.612. The van der Waals surface area contributed by atoms with Crippen LogP contribution in [0.5, 0.6) is 0 Å². The smallest absolute Gasteiger partial charge is 0.191 e. The quantitative estimate of drug-likeness (QED) is 0.594. The summed E-state index contributed by atoms with van der Waals surface area (Å²) in [6, 6.07) is 5.79. The first-order valence-corrected chi connectivity index (χ1v) is 8.69. The molecule has 1 aromatic rings. The molecule has 0 amide bonds. The molecule has 0 saturated heterocycles. The van der Waals surface area contributed by atoms with Crippen LogP contribution in [-0.2, 0) is 16.3 Å². The lowest BCUT2D eigenvalue weighted by Crippen LogP contribution is -2.48. The second-order valence-corrected chi connectivity index (χ2v) is 8.10. The van der Waals surface area contributed by atoms with Crippen LogP contribution < -0.4 is 10.6 Å². The lowest BCUT2D eigenvalue weighted by molar-refractivity contribution is 0.544. The summed E-state index contributed by atoms with van der Waals surface area (Å²) in [5, 5.41) is 6.19. The Labute approximate surface area is 127 Å². The minimum Gasteiger partial charge on any atom is -0.356 e. The molecule has 0 radical (unpaired) electrons. The Balaban J connectivity index is 2.43. The fourth-order valence-corrected chi connectivity index (χ4v) is 1.84. The van der Waals surface area contributed by atoms with Crippen LogP contribution in [0.25, 0.3) is 0 Å². The molecule has 0 spiro atoms. The minimum absolute atomic E-state index is 0.301. The van der Waals surface area contributed by atoms with E-state index in [0.717, 1.165) is 12.1 Å². The van der Waals surface area contributed by atoms with Gasteiger partial charge in [-0.25, -0.2) is 8.42 Å². The summed E-state index contributed by atoms with van der Waals surface area (Å²) in [6.07, 6.45) is 3.78. The van der Waals surface area contributed by atoms with E-state index in [1.165, 1.54) is 6.26 Å². The average Bonchev–Trinajstić information content (AvgIpc) is 2.42. The third-order valence-electron chi connectivity index (χ3n) is 3.31. The van der Waals surface area contributed by atoms with E-state index in [4.69, 9.17) is 0 Å². The van der Waals surface area contributed by atoms with Gasteiger partial charge in [0.05, 0.1) is 4.75 Å². The fourth-order valence-electron chi connectivity index (χ4n) is 1.50. The lowest BCUT2D eigenvalue weighted by atomic mass is 10.2. The van der Waals surface area contributed by atoms with Crippen LogP contribution in [0.2, 0.25) is 0 Å². The van der Waals surface area contributed by atoms with Crippen LogP contribution in [0.1, 0.15) is 19.5 Å². The number of guanidine groups is 1. The third kappa shape index (κ3) is 5.71. The van der Waals surface area contributed by atoms with Crippen molar-refractivity contribution < 1.29 is 8.42 Å². The van der Waals surface area contributed by atoms with Crippen molar-refractivity contribution in [1.29, 1.82) is 0 Å². The monoisotopic (exact) mass is 312 g/mol. The van der Waals surface area contributed by atoms with Gasteiger partial charge in [-0.3, -0.25) is 9.98 Å². The molecule has 0 aliphatic carbocycles. The highest BCUT2D eigenvalue weighted by atomic mass is 32.2. The number of aliphatic imine (C=N–C) groups is 1. The highest BCUT2D eigenvalue weighted by Crippen LogP contribution is 2.13. The largest absolute Gasteiger partial charge is 0.356 e. The molecular formula is C14H24N4O2S. The van der Waals surface area contributed by atoms with Crippen molar-refractivity contribution in [1.82, 2.24) is 15.6 Å². The molecule has 0 unspecified atom stereocenters. The zero-order chi connectivity index (χ0) is 15.9. The summed E-state index contributed by atoms with van der Waals surface area (Å²) in [5.41, 5.74) is 0.997. The summed E-state index contributed by atoms with van der Waals surface area (Å²) >= 11 is 0. The standard InChI is InChI=1S/C14H24N4O2S/c1-14(2,21(4,19)20)11-18-13(15-3)17-10-8-12-7-5-6-9-16-12/h5-7,9H,8,10-11H2,1-4H3,(H2,15,17,18). The van der Waals surface area contributed by atoms with Crippen molar-refractivity contribution in [2.45, 2.75) is 25.0 Å². The maximum Gasteiger partial charge on any atom is 0.191 e. The topological polar surface area (TPSA) is 83.4 Å². The Morgan fingerprint density at radius 3 is 2.57 bits per heavy atom. The van der Waals surface area contributed by atoms with E-state index in [-0.39, 0.29) is 0 Å². The molecule has 2 N–H and O–H groups in total. The van der Waals surface area contributed by atoms with Gasteiger partial charge < -0.3 is 10.6 Å². The summed E-state index contributed by atoms with van der Waals surface area (Å²) in [5.74, 6) is 0.586. The van der Waals surface area contributed by atoms with E-state index >= 15 is 0 Å². The molecule has 0 aromatic carbocycles. The number of aromatic nitrogens is 1. The summed E-state index contributed by atoms with van der Waals surface area (Å²) < 4.78 is 22.4. The zero-order valence-corrected chi connectivity index (χ0v) is 13.9. The average molecular weight is 312 g/mol. The molecule has 1 rings (SSSR count). The van der Waals surface area contributed by atoms with Gasteiger partial charge in [-0.05, 0) is 26.0 Å². The van der Waals surface area contributed by atoms with E-state index in [0.29, 0.717) is 19.0 Å². The summed E-state index contributed by atoms with van der Waals surface area (Å²) in [6.45, 7) is 4.36. The third-order valence-corrected chi connectivity index (χ3v) is 5.46. The molecule has 6 nitrogen and oxygen atoms in total. The number of pyridine rings is 1. The number of hydrogen-bond acceptors (Lipinski definition) is 4. The van der Waals surface area contributed by atoms with E-state index in [9.17, 15) is 8.42 Å². The van der Waals surface area contributed by atoms with Crippen LogP contribution in [0.15, 0.2) is 29.4 Å². The zero-order valence-electron chi connectivity index (χ0n) is 13.0. The van der Waals surface area contributed by atoms with Crippen molar-refractivity contribution in [2.75, 3.05) is 26.4 Å². The molecule has 118 valence electrons. The molecule has 21 heavy (non-hydrogen) atoms. The van der Waals surface area contributed by atoms with Gasteiger partial charge in [0.25, 0.3) is 0 Å². The fraction of sp³-hybridized carbons (Fsp3) is 0.571. The molecule has 0 saturated carbocycles. The normalized spacial score (nSPS) is 13.0. The molecule has 0 aliphatic rings. The molecule has 0 atom stereocenters. The van der Waals surface area contributed by atoms with Crippen molar-refractivity contribution in [3.05, 3.63) is 30.1 Å². The number of nitrogens with one attached hydrogen (secondary N) is 2. The van der Waals surface area contributed by atoms with E-state index in [1.54, 1.807) is 27.1 Å². The van der Waals surface area contributed by atoms with Crippen molar-refractivity contribution in [3.63, 3.8) is 0 Å². The van der Waals surface area contributed by atoms with Gasteiger partial charge >= 0.3 is 0 Å². The van der Waals surface area contributed by atoms with Gasteiger partial charge in [0.1, 0.15) is 0 Å². The SMILES string of the molecule is CN=C(NCCc1ccccn1)NCC(C)(C)S(C)(=O)=O. The number of rotatable bonds is 6. The molecule has 0 bridgehead atoms. The first-order valence-electron chi connectivity index (χ1n) is 6.80. The van der Waals surface area contributed by atoms with Crippen molar-refractivity contribution >= 4 is 15.8 Å². The van der Waals surface area contributed by atoms with Crippen molar-refractivity contribution in [2.24, 2.45) is 4.99 Å². The maximum absolute atomic E-state index is 11.6. The van der Waals surface area contributed by atoms with Crippen LogP contribution in [-0.4, -0.2) is 50.5 Å². The van der Waals surface area contributed by atoms with Crippen LogP contribution in [0.3, 0.4) is 0 Å². The van der Waals surface area contributed by atoms with Crippen molar-refractivity contribution in [3.8, 4) is 0 Å². The van der Waals surface area contributed by atoms with Crippen LogP contribution in [0, 0.1) is 0 Å². The highest BCUT2D eigenvalue weighted by molar-refractivity contribution is 7.92. The van der Waals surface area contributed by atoms with Gasteiger partial charge in [0, 0.05) is 44.7 Å². The maximum atomic E-state index is 11.6. The molecule has 7 heteroatoms. The second-order valence-electron chi connectivity index (χ2n) is 5.46. The number of nitrogens with zero attached hydrogens (tertiary/aromatic N) is 2. The summed E-state index contributed by atoms with van der Waals surface area (Å²) in [7, 11) is -1.47. The molecule has 0 aliphatic heterocycles. The molecule has 1 heterocycles. The van der Waals surface area contributed by atoms with Gasteiger partial charge in [0.15, 0.2) is 15.8 Å². The Bertz CT molecular complexity index is 568. The first kappa shape index (κ1) is 17.4. The Morgan fingerprint density at radius 2 is 2.05 bits per heavy atom. The van der Waals surface area contributed by atoms with Gasteiger partial charge in [0.2, 0.25) is 0 Å². The molecule has 0 fully saturated rings. The van der Waals surface area contributed by atoms with E-state index in [2.05, 4.69) is 20.6 Å². The molecular weight excluding hydrogens is 288 g/mol. The highest BCUT2D eigenvalue weighted by Gasteiger charge is 2.30. The Kier molecular flexibility index (Phi) is 6.14. The van der Waals surface area contributed by atoms with Gasteiger partial charge in [-0.2, -0.15) is 0 Å². The minimum atomic E-state index is -3.13. The first-order chi connectivity index (χ1) is 9.76. The number of sulfone groups is 1. The van der Waals surface area contributed by atoms with Crippen LogP contribution >= 0.6 is 0 Å². The second kappa shape index (κ2) is 7.40. The Morgan fingerprint density at radius 1 is 1.33 bits per heavy atom. The Hall–Kier alpha value is -1.63. The van der Waals surface area contributed by atoms with Gasteiger partial charge in [-0.15, -0.1) is 0 Å².